The highest BCUT2D eigenvalue weighted by Crippen LogP contribution is 2.34. The molecule has 2 saturated heterocycles. The van der Waals surface area contributed by atoms with Crippen LogP contribution in [0.25, 0.3) is 0 Å². The molecule has 2 aliphatic heterocycles. The van der Waals surface area contributed by atoms with E-state index in [4.69, 9.17) is 9.47 Å². The number of aliphatic imine (C=N–C) groups is 1. The van der Waals surface area contributed by atoms with Crippen LogP contribution in [0.5, 0.6) is 0 Å². The highest BCUT2D eigenvalue weighted by Gasteiger charge is 2.38. The Labute approximate surface area is 192 Å². The fraction of sp³-hybridized carbons (Fsp3) is 0.950. The summed E-state index contributed by atoms with van der Waals surface area (Å²) >= 11 is 2.09. The van der Waals surface area contributed by atoms with Crippen molar-refractivity contribution in [1.29, 1.82) is 0 Å². The summed E-state index contributed by atoms with van der Waals surface area (Å²) in [7, 11) is 1.86. The molecule has 0 spiro atoms. The van der Waals surface area contributed by atoms with Gasteiger partial charge >= 0.3 is 0 Å². The molecular formula is C20H39IN4O2S. The van der Waals surface area contributed by atoms with Gasteiger partial charge in [0.1, 0.15) is 0 Å². The third-order valence-electron chi connectivity index (χ3n) is 6.13. The second kappa shape index (κ2) is 12.8. The van der Waals surface area contributed by atoms with Gasteiger partial charge in [-0.1, -0.05) is 19.3 Å². The molecule has 0 radical (unpaired) electrons. The van der Waals surface area contributed by atoms with Crippen LogP contribution in [0.1, 0.15) is 45.4 Å². The molecule has 1 saturated carbocycles. The minimum absolute atomic E-state index is 0. The van der Waals surface area contributed by atoms with Gasteiger partial charge in [0.05, 0.1) is 19.3 Å². The summed E-state index contributed by atoms with van der Waals surface area (Å²) in [6.45, 7) is 7.84. The van der Waals surface area contributed by atoms with Crippen LogP contribution in [0.15, 0.2) is 4.99 Å². The van der Waals surface area contributed by atoms with E-state index < -0.39 is 0 Å². The Kier molecular flexibility index (Phi) is 11.2. The molecule has 2 atom stereocenters. The SMILES string of the molecule is CN=C(NCC1(N2CCSCC2)CCCCC1)NC(C)COC1CCOC1.I. The summed E-state index contributed by atoms with van der Waals surface area (Å²) in [4.78, 5) is 7.22. The van der Waals surface area contributed by atoms with Crippen LogP contribution < -0.4 is 10.6 Å². The third kappa shape index (κ3) is 7.18. The summed E-state index contributed by atoms with van der Waals surface area (Å²) in [6.07, 6.45) is 7.97. The number of halogens is 1. The third-order valence-corrected chi connectivity index (χ3v) is 7.07. The largest absolute Gasteiger partial charge is 0.379 e. The lowest BCUT2D eigenvalue weighted by atomic mass is 9.80. The standard InChI is InChI=1S/C20H38N4O2S.HI/c1-17(14-26-18-6-11-25-15-18)23-19(21-2)22-16-20(7-4-3-5-8-20)24-9-12-27-13-10-24;/h17-18H,3-16H2,1-2H3,(H2,21,22,23);1H. The van der Waals surface area contributed by atoms with Crippen molar-refractivity contribution in [2.45, 2.75) is 63.1 Å². The van der Waals surface area contributed by atoms with Crippen molar-refractivity contribution >= 4 is 41.7 Å². The minimum atomic E-state index is 0. The number of hydrogen-bond acceptors (Lipinski definition) is 5. The molecule has 0 aromatic carbocycles. The quantitative estimate of drug-likeness (QED) is 0.302. The number of hydrogen-bond donors (Lipinski definition) is 2. The van der Waals surface area contributed by atoms with Crippen molar-refractivity contribution in [3.8, 4) is 0 Å². The van der Waals surface area contributed by atoms with Crippen LogP contribution in [0.4, 0.5) is 0 Å². The van der Waals surface area contributed by atoms with Crippen LogP contribution >= 0.6 is 35.7 Å². The maximum atomic E-state index is 5.94. The van der Waals surface area contributed by atoms with Gasteiger partial charge in [0, 0.05) is 56.4 Å². The Morgan fingerprint density at radius 1 is 1.29 bits per heavy atom. The molecule has 2 unspecified atom stereocenters. The maximum absolute atomic E-state index is 5.94. The van der Waals surface area contributed by atoms with Crippen molar-refractivity contribution < 1.29 is 9.47 Å². The normalized spacial score (nSPS) is 27.1. The van der Waals surface area contributed by atoms with Gasteiger partial charge in [0.15, 0.2) is 5.96 Å². The first-order valence-corrected chi connectivity index (χ1v) is 11.9. The van der Waals surface area contributed by atoms with Gasteiger partial charge in [-0.3, -0.25) is 9.89 Å². The smallest absolute Gasteiger partial charge is 0.191 e. The summed E-state index contributed by atoms with van der Waals surface area (Å²) in [6, 6.07) is 0.227. The van der Waals surface area contributed by atoms with Crippen LogP contribution in [0, 0.1) is 0 Å². The fourth-order valence-corrected chi connectivity index (χ4v) is 5.40. The van der Waals surface area contributed by atoms with Gasteiger partial charge in [0.2, 0.25) is 0 Å². The molecule has 3 fully saturated rings. The van der Waals surface area contributed by atoms with Crippen LogP contribution in [0.2, 0.25) is 0 Å². The first kappa shape index (κ1) is 24.5. The molecule has 2 heterocycles. The predicted molar refractivity (Wildman–Crippen MR) is 129 cm³/mol. The first-order chi connectivity index (χ1) is 13.2. The summed E-state index contributed by atoms with van der Waals surface area (Å²) < 4.78 is 11.3. The Balaban J connectivity index is 0.00000280. The Hall–Kier alpha value is 0.230. The van der Waals surface area contributed by atoms with E-state index in [9.17, 15) is 0 Å². The van der Waals surface area contributed by atoms with E-state index in [0.29, 0.717) is 12.1 Å². The Bertz CT molecular complexity index is 465. The zero-order chi connectivity index (χ0) is 19.0. The minimum Gasteiger partial charge on any atom is -0.379 e. The predicted octanol–water partition coefficient (Wildman–Crippen LogP) is 2.72. The number of rotatable bonds is 7. The van der Waals surface area contributed by atoms with E-state index in [2.05, 4.69) is 39.2 Å². The fourth-order valence-electron chi connectivity index (χ4n) is 4.50. The molecule has 28 heavy (non-hydrogen) atoms. The Morgan fingerprint density at radius 2 is 2.04 bits per heavy atom. The van der Waals surface area contributed by atoms with Gasteiger partial charge in [0.25, 0.3) is 0 Å². The topological polar surface area (TPSA) is 58.1 Å². The van der Waals surface area contributed by atoms with Gasteiger partial charge in [-0.15, -0.1) is 24.0 Å². The zero-order valence-electron chi connectivity index (χ0n) is 17.6. The van der Waals surface area contributed by atoms with E-state index in [1.54, 1.807) is 0 Å². The van der Waals surface area contributed by atoms with Crippen molar-refractivity contribution in [2.24, 2.45) is 4.99 Å². The first-order valence-electron chi connectivity index (χ1n) is 10.7. The lowest BCUT2D eigenvalue weighted by molar-refractivity contribution is 0.0346. The molecule has 0 amide bonds. The van der Waals surface area contributed by atoms with Crippen molar-refractivity contribution in [3.63, 3.8) is 0 Å². The van der Waals surface area contributed by atoms with E-state index in [0.717, 1.165) is 32.1 Å². The molecule has 2 N–H and O–H groups in total. The summed E-state index contributed by atoms with van der Waals surface area (Å²) in [5, 5.41) is 7.15. The van der Waals surface area contributed by atoms with E-state index in [-0.39, 0.29) is 36.1 Å². The van der Waals surface area contributed by atoms with E-state index in [1.807, 2.05) is 7.05 Å². The Morgan fingerprint density at radius 3 is 2.68 bits per heavy atom. The molecule has 0 aromatic rings. The van der Waals surface area contributed by atoms with Gasteiger partial charge in [-0.05, 0) is 26.2 Å². The van der Waals surface area contributed by atoms with Gasteiger partial charge in [-0.25, -0.2) is 0 Å². The van der Waals surface area contributed by atoms with Crippen LogP contribution in [-0.4, -0.2) is 86.6 Å². The van der Waals surface area contributed by atoms with Crippen LogP contribution in [0.3, 0.4) is 0 Å². The second-order valence-corrected chi connectivity index (χ2v) is 9.40. The molecule has 164 valence electrons. The average molecular weight is 527 g/mol. The van der Waals surface area contributed by atoms with E-state index in [1.165, 1.54) is 56.7 Å². The zero-order valence-corrected chi connectivity index (χ0v) is 20.7. The lowest BCUT2D eigenvalue weighted by Crippen LogP contribution is -2.60. The highest BCUT2D eigenvalue weighted by atomic mass is 127. The maximum Gasteiger partial charge on any atom is 0.191 e. The second-order valence-electron chi connectivity index (χ2n) is 8.17. The number of nitrogens with one attached hydrogen (secondary N) is 2. The summed E-state index contributed by atoms with van der Waals surface area (Å²) in [5.41, 5.74) is 0.303. The molecule has 3 rings (SSSR count). The molecule has 0 bridgehead atoms. The monoisotopic (exact) mass is 526 g/mol. The number of nitrogens with zero attached hydrogens (tertiary/aromatic N) is 2. The molecule has 6 nitrogen and oxygen atoms in total. The average Bonchev–Trinajstić information content (AvgIpc) is 3.24. The summed E-state index contributed by atoms with van der Waals surface area (Å²) in [5.74, 6) is 3.44. The van der Waals surface area contributed by atoms with Crippen molar-refractivity contribution in [1.82, 2.24) is 15.5 Å². The number of ether oxygens (including phenoxy) is 2. The van der Waals surface area contributed by atoms with E-state index >= 15 is 0 Å². The van der Waals surface area contributed by atoms with Gasteiger partial charge < -0.3 is 20.1 Å². The molecule has 3 aliphatic rings. The van der Waals surface area contributed by atoms with Crippen LogP contribution in [-0.2, 0) is 9.47 Å². The molecule has 0 aromatic heterocycles. The van der Waals surface area contributed by atoms with Crippen molar-refractivity contribution in [2.75, 3.05) is 58.0 Å². The number of guanidine groups is 1. The van der Waals surface area contributed by atoms with Gasteiger partial charge in [-0.2, -0.15) is 11.8 Å². The lowest BCUT2D eigenvalue weighted by Gasteiger charge is -2.48. The van der Waals surface area contributed by atoms with Crippen molar-refractivity contribution in [3.05, 3.63) is 0 Å². The molecule has 1 aliphatic carbocycles. The highest BCUT2D eigenvalue weighted by molar-refractivity contribution is 14.0. The molecular weight excluding hydrogens is 487 g/mol. The number of thioether (sulfide) groups is 1. The molecule has 8 heteroatoms.